The molecule has 0 aromatic carbocycles. The lowest BCUT2D eigenvalue weighted by atomic mass is 9.85. The molecule has 4 fully saturated rings. The van der Waals surface area contributed by atoms with Crippen LogP contribution in [0.25, 0.3) is 0 Å². The van der Waals surface area contributed by atoms with Crippen LogP contribution in [0.5, 0.6) is 5.88 Å². The largest absolute Gasteiger partial charge is 0.481 e. The second-order valence-corrected chi connectivity index (χ2v) is 9.62. The molecule has 0 radical (unpaired) electrons. The molecule has 1 saturated carbocycles. The van der Waals surface area contributed by atoms with Crippen LogP contribution in [0.3, 0.4) is 0 Å². The summed E-state index contributed by atoms with van der Waals surface area (Å²) in [6.45, 7) is 6.94. The Morgan fingerprint density at radius 2 is 1.84 bits per heavy atom. The molecule has 0 bridgehead atoms. The van der Waals surface area contributed by atoms with E-state index in [4.69, 9.17) is 9.47 Å². The highest BCUT2D eigenvalue weighted by Gasteiger charge is 2.58. The van der Waals surface area contributed by atoms with Gasteiger partial charge in [0.25, 0.3) is 5.91 Å². The zero-order valence-corrected chi connectivity index (χ0v) is 19.2. The van der Waals surface area contributed by atoms with Crippen LogP contribution in [0.1, 0.15) is 57.1 Å². The zero-order chi connectivity index (χ0) is 22.3. The normalized spacial score (nSPS) is 24.6. The van der Waals surface area contributed by atoms with Gasteiger partial charge in [-0.15, -0.1) is 0 Å². The summed E-state index contributed by atoms with van der Waals surface area (Å²) in [4.78, 5) is 37.5. The molecule has 0 N–H and O–H groups in total. The third-order valence-electron chi connectivity index (χ3n) is 7.67. The monoisotopic (exact) mass is 442 g/mol. The Hall–Kier alpha value is -2.19. The number of likely N-dealkylation sites (tertiary alicyclic amines) is 1. The highest BCUT2D eigenvalue weighted by molar-refractivity contribution is 6.23. The quantitative estimate of drug-likeness (QED) is 0.631. The van der Waals surface area contributed by atoms with Crippen molar-refractivity contribution in [3.63, 3.8) is 0 Å². The van der Waals surface area contributed by atoms with E-state index in [0.717, 1.165) is 64.2 Å². The van der Waals surface area contributed by atoms with Crippen LogP contribution in [0, 0.1) is 5.92 Å². The molecule has 0 unspecified atom stereocenters. The Morgan fingerprint density at radius 1 is 1.12 bits per heavy atom. The molecule has 3 saturated heterocycles. The highest BCUT2D eigenvalue weighted by atomic mass is 16.5. The average Bonchev–Trinajstić information content (AvgIpc) is 3.64. The number of urea groups is 1. The van der Waals surface area contributed by atoms with Gasteiger partial charge in [-0.3, -0.25) is 4.79 Å². The van der Waals surface area contributed by atoms with Crippen molar-refractivity contribution >= 4 is 17.6 Å². The zero-order valence-electron chi connectivity index (χ0n) is 19.2. The van der Waals surface area contributed by atoms with Crippen LogP contribution < -0.4 is 9.64 Å². The van der Waals surface area contributed by atoms with Gasteiger partial charge in [0.15, 0.2) is 0 Å². The maximum atomic E-state index is 13.8. The molecule has 0 atom stereocenters. The lowest BCUT2D eigenvalue weighted by Gasteiger charge is -2.43. The van der Waals surface area contributed by atoms with Gasteiger partial charge in [0.05, 0.1) is 12.8 Å². The summed E-state index contributed by atoms with van der Waals surface area (Å²) in [6.07, 6.45) is 5.78. The number of rotatable bonds is 6. The number of ether oxygens (including phenoxy) is 2. The van der Waals surface area contributed by atoms with Crippen LogP contribution in [-0.2, 0) is 9.53 Å². The Labute approximate surface area is 189 Å². The van der Waals surface area contributed by atoms with Crippen LogP contribution in [0.2, 0.25) is 0 Å². The van der Waals surface area contributed by atoms with Gasteiger partial charge in [0, 0.05) is 57.1 Å². The highest BCUT2D eigenvalue weighted by Crippen LogP contribution is 2.44. The number of piperidine rings is 1. The standard InChI is InChI=1S/C24H34N4O4/c1-3-27-23(30)28(19-14-20(18-4-5-18)25-21(15-19)31-2)22(29)24(27)8-10-26(11-9-24)16-17-6-12-32-13-7-17/h14-15,17-18H,3-13,16H2,1-2H3. The molecule has 1 aromatic heterocycles. The van der Waals surface area contributed by atoms with E-state index in [0.29, 0.717) is 42.8 Å². The number of likely N-dealkylation sites (N-methyl/N-ethyl adjacent to an activating group) is 1. The minimum absolute atomic E-state index is 0.0925. The van der Waals surface area contributed by atoms with Gasteiger partial charge in [-0.1, -0.05) is 0 Å². The van der Waals surface area contributed by atoms with Crippen LogP contribution >= 0.6 is 0 Å². The predicted molar refractivity (Wildman–Crippen MR) is 120 cm³/mol. The van der Waals surface area contributed by atoms with E-state index >= 15 is 0 Å². The number of hydrogen-bond acceptors (Lipinski definition) is 6. The van der Waals surface area contributed by atoms with E-state index < -0.39 is 5.54 Å². The third-order valence-corrected chi connectivity index (χ3v) is 7.67. The van der Waals surface area contributed by atoms with Crippen LogP contribution in [0.15, 0.2) is 12.1 Å². The van der Waals surface area contributed by atoms with Gasteiger partial charge in [-0.05, 0) is 57.4 Å². The molecule has 1 spiro atoms. The van der Waals surface area contributed by atoms with Gasteiger partial charge in [-0.2, -0.15) is 0 Å². The Morgan fingerprint density at radius 3 is 2.47 bits per heavy atom. The molecule has 4 aliphatic rings. The molecule has 174 valence electrons. The molecule has 3 amide bonds. The van der Waals surface area contributed by atoms with E-state index in [9.17, 15) is 9.59 Å². The van der Waals surface area contributed by atoms with Gasteiger partial charge in [-0.25, -0.2) is 14.7 Å². The van der Waals surface area contributed by atoms with E-state index in [2.05, 4.69) is 9.88 Å². The van der Waals surface area contributed by atoms with Crippen molar-refractivity contribution < 1.29 is 19.1 Å². The van der Waals surface area contributed by atoms with Gasteiger partial charge < -0.3 is 19.3 Å². The first-order valence-electron chi connectivity index (χ1n) is 12.1. The number of anilines is 1. The molecule has 3 aliphatic heterocycles. The summed E-state index contributed by atoms with van der Waals surface area (Å²) < 4.78 is 10.9. The van der Waals surface area contributed by atoms with Crippen molar-refractivity contribution in [1.82, 2.24) is 14.8 Å². The summed E-state index contributed by atoms with van der Waals surface area (Å²) in [5.74, 6) is 1.44. The Bertz CT molecular complexity index is 873. The fourth-order valence-electron chi connectivity index (χ4n) is 5.60. The molecule has 32 heavy (non-hydrogen) atoms. The maximum Gasteiger partial charge on any atom is 0.332 e. The molecule has 5 rings (SSSR count). The maximum absolute atomic E-state index is 13.8. The fraction of sp³-hybridized carbons (Fsp3) is 0.708. The van der Waals surface area contributed by atoms with Gasteiger partial charge >= 0.3 is 6.03 Å². The number of hydrogen-bond donors (Lipinski definition) is 0. The van der Waals surface area contributed by atoms with Crippen molar-refractivity contribution in [2.45, 2.75) is 56.9 Å². The average molecular weight is 443 g/mol. The van der Waals surface area contributed by atoms with Gasteiger partial charge in [0.1, 0.15) is 5.54 Å². The summed E-state index contributed by atoms with van der Waals surface area (Å²) in [6, 6.07) is 3.41. The molecule has 1 aromatic rings. The Kier molecular flexibility index (Phi) is 5.84. The second-order valence-electron chi connectivity index (χ2n) is 9.62. The molecular weight excluding hydrogens is 408 g/mol. The first-order valence-corrected chi connectivity index (χ1v) is 12.1. The number of imide groups is 1. The molecule has 8 nitrogen and oxygen atoms in total. The predicted octanol–water partition coefficient (Wildman–Crippen LogP) is 3.02. The minimum atomic E-state index is -0.742. The lowest BCUT2D eigenvalue weighted by molar-refractivity contribution is -0.127. The number of pyridine rings is 1. The number of carbonyl (C=O) groups is 2. The summed E-state index contributed by atoms with van der Waals surface area (Å²) in [5, 5.41) is 0. The summed E-state index contributed by atoms with van der Waals surface area (Å²) in [5.41, 5.74) is 0.762. The molecule has 8 heteroatoms. The SMILES string of the molecule is CCN1C(=O)N(c2cc(OC)nc(C3CC3)c2)C(=O)C12CCN(CC1CCOCC1)CC2. The molecular formula is C24H34N4O4. The number of methoxy groups -OCH3 is 1. The van der Waals surface area contributed by atoms with E-state index in [1.807, 2.05) is 13.0 Å². The third kappa shape index (κ3) is 3.77. The van der Waals surface area contributed by atoms with Gasteiger partial charge in [0.2, 0.25) is 5.88 Å². The topological polar surface area (TPSA) is 75.2 Å². The van der Waals surface area contributed by atoms with Crippen molar-refractivity contribution in [2.75, 3.05) is 51.4 Å². The van der Waals surface area contributed by atoms with Crippen molar-refractivity contribution in [3.8, 4) is 5.88 Å². The fourth-order valence-corrected chi connectivity index (χ4v) is 5.60. The first-order chi connectivity index (χ1) is 15.6. The van der Waals surface area contributed by atoms with E-state index in [-0.39, 0.29) is 11.9 Å². The smallest absolute Gasteiger partial charge is 0.332 e. The van der Waals surface area contributed by atoms with E-state index in [1.54, 1.807) is 18.1 Å². The second kappa shape index (κ2) is 8.63. The first kappa shape index (κ1) is 21.6. The lowest BCUT2D eigenvalue weighted by Crippen LogP contribution is -2.57. The molecule has 1 aliphatic carbocycles. The minimum Gasteiger partial charge on any atom is -0.481 e. The van der Waals surface area contributed by atoms with Crippen molar-refractivity contribution in [3.05, 3.63) is 17.8 Å². The number of carbonyl (C=O) groups excluding carboxylic acids is 2. The van der Waals surface area contributed by atoms with Crippen molar-refractivity contribution in [1.29, 1.82) is 0 Å². The molecule has 4 heterocycles. The van der Waals surface area contributed by atoms with Crippen LogP contribution in [-0.4, -0.2) is 78.8 Å². The van der Waals surface area contributed by atoms with E-state index in [1.165, 1.54) is 4.90 Å². The van der Waals surface area contributed by atoms with Crippen molar-refractivity contribution in [2.24, 2.45) is 5.92 Å². The Balaban J connectivity index is 1.36. The summed E-state index contributed by atoms with van der Waals surface area (Å²) in [7, 11) is 1.57. The van der Waals surface area contributed by atoms with Crippen LogP contribution in [0.4, 0.5) is 10.5 Å². The summed E-state index contributed by atoms with van der Waals surface area (Å²) >= 11 is 0. The number of aromatic nitrogens is 1. The number of nitrogens with zero attached hydrogens (tertiary/aromatic N) is 4. The number of amides is 3.